The number of likely N-dealkylation sites (N-methyl/N-ethyl adjacent to an activating group) is 1. The Balaban J connectivity index is 1.63. The number of nitro groups is 1. The molecule has 0 bridgehead atoms. The van der Waals surface area contributed by atoms with Crippen molar-refractivity contribution in [2.24, 2.45) is 4.99 Å². The molecule has 0 spiro atoms. The van der Waals surface area contributed by atoms with Crippen molar-refractivity contribution in [2.75, 3.05) is 13.1 Å². The van der Waals surface area contributed by atoms with E-state index in [1.54, 1.807) is 42.2 Å². The molecule has 214 valence electrons. The van der Waals surface area contributed by atoms with Gasteiger partial charge in [-0.15, -0.1) is 0 Å². The third-order valence-electron chi connectivity index (χ3n) is 6.94. The minimum absolute atomic E-state index is 0.0487. The molecule has 4 aromatic rings. The maximum atomic E-state index is 13.9. The van der Waals surface area contributed by atoms with Gasteiger partial charge in [0.2, 0.25) is 0 Å². The molecule has 1 aromatic heterocycles. The van der Waals surface area contributed by atoms with Crippen molar-refractivity contribution in [3.05, 3.63) is 130 Å². The average Bonchev–Trinajstić information content (AvgIpc) is 3.28. The molecule has 3 aromatic carbocycles. The van der Waals surface area contributed by atoms with Crippen molar-refractivity contribution in [1.82, 2.24) is 9.47 Å². The van der Waals surface area contributed by atoms with E-state index in [1.807, 2.05) is 56.3 Å². The first-order valence-electron chi connectivity index (χ1n) is 13.3. The predicted octanol–water partition coefficient (Wildman–Crippen LogP) is 5.82. The number of hydrogen-bond acceptors (Lipinski definition) is 7. The van der Waals surface area contributed by atoms with Gasteiger partial charge in [0.25, 0.3) is 17.2 Å². The molecule has 42 heavy (non-hydrogen) atoms. The summed E-state index contributed by atoms with van der Waals surface area (Å²) in [5, 5.41) is 12.5. The lowest BCUT2D eigenvalue weighted by atomic mass is 9.94. The molecule has 0 fully saturated rings. The zero-order valence-corrected chi connectivity index (χ0v) is 25.5. The number of fused-ring (bicyclic) bond motifs is 1. The number of nitro benzene ring substituents is 1. The normalized spacial score (nSPS) is 14.9. The summed E-state index contributed by atoms with van der Waals surface area (Å²) in [7, 11) is 0. The van der Waals surface area contributed by atoms with Crippen LogP contribution in [0.1, 0.15) is 37.9 Å². The van der Waals surface area contributed by atoms with Gasteiger partial charge < -0.3 is 4.90 Å². The van der Waals surface area contributed by atoms with E-state index in [1.165, 1.54) is 33.7 Å². The molecule has 0 aliphatic carbocycles. The van der Waals surface area contributed by atoms with E-state index in [9.17, 15) is 19.7 Å². The van der Waals surface area contributed by atoms with E-state index in [-0.39, 0.29) is 17.2 Å². The van der Waals surface area contributed by atoms with E-state index in [0.717, 1.165) is 10.5 Å². The van der Waals surface area contributed by atoms with Crippen LogP contribution in [0.2, 0.25) is 5.02 Å². The van der Waals surface area contributed by atoms with E-state index < -0.39 is 11.0 Å². The Morgan fingerprint density at radius 3 is 2.45 bits per heavy atom. The van der Waals surface area contributed by atoms with Crippen LogP contribution in [-0.2, 0) is 4.79 Å². The Hall–Kier alpha value is -3.99. The molecule has 2 heterocycles. The van der Waals surface area contributed by atoms with Gasteiger partial charge in [0.05, 0.1) is 31.7 Å². The standard InChI is InChI=1S/C31H27ClN4O4S2/c1-4-34(5-2)30(38)27-19(3)33-31-35(28(27)21-12-14-22(32)15-13-21)29(37)26(42-31)18-20-11-16-25(24(17-20)36(39)40)41-23-9-7-6-8-10-23/h6-18,28H,4-5H2,1-3H3/b26-18-/t28-/m1/s1. The summed E-state index contributed by atoms with van der Waals surface area (Å²) in [6, 6.07) is 20.7. The highest BCUT2D eigenvalue weighted by Gasteiger charge is 2.34. The molecule has 0 radical (unpaired) electrons. The Labute approximate surface area is 255 Å². The van der Waals surface area contributed by atoms with Crippen LogP contribution in [0.3, 0.4) is 0 Å². The van der Waals surface area contributed by atoms with Gasteiger partial charge in [0, 0.05) is 29.1 Å². The van der Waals surface area contributed by atoms with Crippen molar-refractivity contribution >= 4 is 52.4 Å². The number of carbonyl (C=O) groups is 1. The van der Waals surface area contributed by atoms with Crippen LogP contribution in [0.4, 0.5) is 5.69 Å². The van der Waals surface area contributed by atoms with Gasteiger partial charge in [-0.1, -0.05) is 71.1 Å². The first-order chi connectivity index (χ1) is 20.2. The fourth-order valence-corrected chi connectivity index (χ4v) is 6.95. The molecule has 0 saturated heterocycles. The molecule has 1 amide bonds. The fourth-order valence-electron chi connectivity index (χ4n) is 4.86. The lowest BCUT2D eigenvalue weighted by Crippen LogP contribution is -2.43. The van der Waals surface area contributed by atoms with Gasteiger partial charge in [-0.2, -0.15) is 0 Å². The molecular formula is C31H27ClN4O4S2. The summed E-state index contributed by atoms with van der Waals surface area (Å²) in [5.41, 5.74) is 1.83. The number of benzene rings is 3. The van der Waals surface area contributed by atoms with Gasteiger partial charge in [-0.3, -0.25) is 24.3 Å². The summed E-state index contributed by atoms with van der Waals surface area (Å²) in [6.07, 6.45) is 1.64. The van der Waals surface area contributed by atoms with E-state index >= 15 is 0 Å². The van der Waals surface area contributed by atoms with Gasteiger partial charge in [-0.05, 0) is 68.3 Å². The van der Waals surface area contributed by atoms with Crippen LogP contribution in [0.15, 0.2) is 104 Å². The first-order valence-corrected chi connectivity index (χ1v) is 15.3. The molecule has 0 saturated carbocycles. The quantitative estimate of drug-likeness (QED) is 0.183. The summed E-state index contributed by atoms with van der Waals surface area (Å²) >= 11 is 8.66. The maximum absolute atomic E-state index is 13.9. The zero-order valence-electron chi connectivity index (χ0n) is 23.1. The van der Waals surface area contributed by atoms with Gasteiger partial charge in [-0.25, -0.2) is 4.99 Å². The molecule has 1 atom stereocenters. The number of carbonyl (C=O) groups excluding carboxylic acids is 1. The van der Waals surface area contributed by atoms with Gasteiger partial charge in [0.15, 0.2) is 4.80 Å². The molecule has 0 N–H and O–H groups in total. The van der Waals surface area contributed by atoms with E-state index in [4.69, 9.17) is 11.6 Å². The minimum Gasteiger partial charge on any atom is -0.339 e. The molecule has 11 heteroatoms. The average molecular weight is 619 g/mol. The number of rotatable bonds is 8. The number of halogens is 1. The molecular weight excluding hydrogens is 592 g/mol. The number of nitrogens with zero attached hydrogens (tertiary/aromatic N) is 4. The van der Waals surface area contributed by atoms with Crippen molar-refractivity contribution in [3.8, 4) is 0 Å². The lowest BCUT2D eigenvalue weighted by Gasteiger charge is -2.29. The second-order valence-electron chi connectivity index (χ2n) is 9.51. The maximum Gasteiger partial charge on any atom is 0.283 e. The number of thiazole rings is 1. The first kappa shape index (κ1) is 29.5. The number of allylic oxidation sites excluding steroid dienone is 1. The van der Waals surface area contributed by atoms with Crippen LogP contribution in [-0.4, -0.2) is 33.4 Å². The van der Waals surface area contributed by atoms with Crippen LogP contribution in [0, 0.1) is 10.1 Å². The third kappa shape index (κ3) is 5.83. The van der Waals surface area contributed by atoms with Crippen LogP contribution in [0.25, 0.3) is 6.08 Å². The third-order valence-corrected chi connectivity index (χ3v) is 9.24. The number of aromatic nitrogens is 1. The van der Waals surface area contributed by atoms with Gasteiger partial charge >= 0.3 is 0 Å². The summed E-state index contributed by atoms with van der Waals surface area (Å²) in [4.78, 5) is 47.4. The second kappa shape index (κ2) is 12.5. The Morgan fingerprint density at radius 1 is 1.12 bits per heavy atom. The highest BCUT2D eigenvalue weighted by atomic mass is 35.5. The van der Waals surface area contributed by atoms with Crippen LogP contribution < -0.4 is 14.9 Å². The van der Waals surface area contributed by atoms with Crippen molar-refractivity contribution in [3.63, 3.8) is 0 Å². The van der Waals surface area contributed by atoms with Crippen molar-refractivity contribution in [2.45, 2.75) is 36.6 Å². The predicted molar refractivity (Wildman–Crippen MR) is 167 cm³/mol. The Bertz CT molecular complexity index is 1880. The molecule has 5 rings (SSSR count). The summed E-state index contributed by atoms with van der Waals surface area (Å²) in [5.74, 6) is -0.183. The zero-order chi connectivity index (χ0) is 30.0. The SMILES string of the molecule is CCN(CC)C(=O)C1=C(C)N=c2s/c(=C\c3ccc(Sc4ccccc4)c([N+](=O)[O-])c3)c(=O)n2[C@@H]1c1ccc(Cl)cc1. The number of hydrogen-bond donors (Lipinski definition) is 0. The molecule has 0 unspecified atom stereocenters. The Kier molecular flexibility index (Phi) is 8.77. The highest BCUT2D eigenvalue weighted by Crippen LogP contribution is 2.35. The second-order valence-corrected chi connectivity index (χ2v) is 12.1. The topological polar surface area (TPSA) is 97.8 Å². The molecule has 1 aliphatic rings. The monoisotopic (exact) mass is 618 g/mol. The lowest BCUT2D eigenvalue weighted by molar-refractivity contribution is -0.387. The molecule has 8 nitrogen and oxygen atoms in total. The van der Waals surface area contributed by atoms with Crippen LogP contribution in [0.5, 0.6) is 0 Å². The largest absolute Gasteiger partial charge is 0.339 e. The van der Waals surface area contributed by atoms with Gasteiger partial charge in [0.1, 0.15) is 0 Å². The number of amides is 1. The van der Waals surface area contributed by atoms with Crippen molar-refractivity contribution < 1.29 is 9.72 Å². The highest BCUT2D eigenvalue weighted by molar-refractivity contribution is 7.99. The van der Waals surface area contributed by atoms with E-state index in [2.05, 4.69) is 4.99 Å². The molecule has 1 aliphatic heterocycles. The van der Waals surface area contributed by atoms with E-state index in [0.29, 0.717) is 49.2 Å². The summed E-state index contributed by atoms with van der Waals surface area (Å²) in [6.45, 7) is 6.63. The minimum atomic E-state index is -0.701. The van der Waals surface area contributed by atoms with Crippen molar-refractivity contribution in [1.29, 1.82) is 0 Å². The summed E-state index contributed by atoms with van der Waals surface area (Å²) < 4.78 is 1.90. The smallest absolute Gasteiger partial charge is 0.283 e. The van der Waals surface area contributed by atoms with Crippen LogP contribution >= 0.6 is 34.7 Å². The fraction of sp³-hybridized carbons (Fsp3) is 0.194. The Morgan fingerprint density at radius 2 is 1.81 bits per heavy atom.